The van der Waals surface area contributed by atoms with Crippen molar-refractivity contribution in [2.45, 2.75) is 58.3 Å². The predicted octanol–water partition coefficient (Wildman–Crippen LogP) is 3.48. The molecule has 16 heavy (non-hydrogen) atoms. The number of carbonyl (C=O) groups excluding carboxylic acids is 1. The number of hydrogen-bond acceptors (Lipinski definition) is 2. The molecule has 0 aliphatic carbocycles. The molecule has 0 aromatic rings. The number of esters is 1. The van der Waals surface area contributed by atoms with Gasteiger partial charge >= 0.3 is 5.97 Å². The molecule has 0 atom stereocenters. The van der Waals surface area contributed by atoms with Crippen LogP contribution in [0, 0.1) is 0 Å². The second-order valence-electron chi connectivity index (χ2n) is 3.85. The molecule has 0 aliphatic rings. The first-order valence-electron chi connectivity index (χ1n) is 6.10. The smallest absolute Gasteiger partial charge is 0.330 e. The van der Waals surface area contributed by atoms with Gasteiger partial charge in [0.2, 0.25) is 0 Å². The van der Waals surface area contributed by atoms with Gasteiger partial charge in [-0.3, -0.25) is 0 Å². The average Bonchev–Trinajstić information content (AvgIpc) is 2.26. The van der Waals surface area contributed by atoms with Crippen molar-refractivity contribution in [2.24, 2.45) is 0 Å². The fraction of sp³-hybridized carbons (Fsp3) is 0.769. The largest absolute Gasteiger partial charge is 0.463 e. The Bertz CT molecular complexity index is 169. The van der Waals surface area contributed by atoms with Crippen molar-refractivity contribution >= 4 is 35.5 Å². The summed E-state index contributed by atoms with van der Waals surface area (Å²) in [5.41, 5.74) is 0. The van der Waals surface area contributed by atoms with Gasteiger partial charge < -0.3 is 4.74 Å². The number of ether oxygens (including phenoxy) is 1. The second kappa shape index (κ2) is 15.2. The molecule has 0 N–H and O–H groups in total. The Kier molecular flexibility index (Phi) is 17.7. The molecule has 0 aromatic heterocycles. The van der Waals surface area contributed by atoms with Gasteiger partial charge in [-0.2, -0.15) is 0 Å². The Morgan fingerprint density at radius 1 is 1.06 bits per heavy atom. The van der Waals surface area contributed by atoms with Crippen molar-refractivity contribution < 1.29 is 9.53 Å². The van der Waals surface area contributed by atoms with E-state index in [0.29, 0.717) is 6.61 Å². The molecule has 0 heterocycles. The first kappa shape index (κ1) is 18.6. The standard InChI is InChI=1S/C13H24O2.Na/c1-3-5-6-7-8-9-10-11-12-15-13(14)4-2;/h4H,2-3,5-12H2,1H3;. The maximum Gasteiger partial charge on any atom is 0.330 e. The Balaban J connectivity index is 0. The summed E-state index contributed by atoms with van der Waals surface area (Å²) in [5.74, 6) is -0.307. The van der Waals surface area contributed by atoms with Crippen molar-refractivity contribution in [3.63, 3.8) is 0 Å². The zero-order chi connectivity index (χ0) is 11.4. The molecule has 0 unspecified atom stereocenters. The zero-order valence-corrected chi connectivity index (χ0v) is 13.0. The molecular weight excluding hydrogens is 211 g/mol. The SMILES string of the molecule is C=CC(=O)OCCCCCCCCCC.[Na]. The van der Waals surface area contributed by atoms with E-state index in [-0.39, 0.29) is 35.5 Å². The monoisotopic (exact) mass is 235 g/mol. The van der Waals surface area contributed by atoms with Crippen LogP contribution in [0.1, 0.15) is 58.3 Å². The fourth-order valence-electron chi connectivity index (χ4n) is 1.47. The van der Waals surface area contributed by atoms with Crippen LogP contribution >= 0.6 is 0 Å². The number of hydrogen-bond donors (Lipinski definition) is 0. The third kappa shape index (κ3) is 14.2. The van der Waals surface area contributed by atoms with Gasteiger partial charge in [-0.25, -0.2) is 4.79 Å². The van der Waals surface area contributed by atoms with E-state index in [1.54, 1.807) is 0 Å². The zero-order valence-electron chi connectivity index (χ0n) is 11.0. The van der Waals surface area contributed by atoms with E-state index in [0.717, 1.165) is 12.8 Å². The molecule has 1 radical (unpaired) electrons. The van der Waals surface area contributed by atoms with Gasteiger partial charge in [-0.05, 0) is 6.42 Å². The Labute approximate surface area is 122 Å². The van der Waals surface area contributed by atoms with E-state index >= 15 is 0 Å². The predicted molar refractivity (Wildman–Crippen MR) is 69.5 cm³/mol. The van der Waals surface area contributed by atoms with Gasteiger partial charge in [0.25, 0.3) is 0 Å². The maximum atomic E-state index is 10.7. The molecule has 0 aliphatic heterocycles. The summed E-state index contributed by atoms with van der Waals surface area (Å²) >= 11 is 0. The summed E-state index contributed by atoms with van der Waals surface area (Å²) in [6, 6.07) is 0. The second-order valence-corrected chi connectivity index (χ2v) is 3.85. The van der Waals surface area contributed by atoms with Gasteiger partial charge in [-0.1, -0.05) is 58.4 Å². The Morgan fingerprint density at radius 3 is 2.06 bits per heavy atom. The fourth-order valence-corrected chi connectivity index (χ4v) is 1.47. The average molecular weight is 235 g/mol. The quantitative estimate of drug-likeness (QED) is 0.251. The molecule has 0 rings (SSSR count). The molecule has 3 heteroatoms. The van der Waals surface area contributed by atoms with Crippen LogP contribution in [0.25, 0.3) is 0 Å². The Hall–Kier alpha value is 0.210. The minimum atomic E-state index is -0.307. The summed E-state index contributed by atoms with van der Waals surface area (Å²) < 4.78 is 4.88. The van der Waals surface area contributed by atoms with E-state index in [4.69, 9.17) is 4.74 Å². The van der Waals surface area contributed by atoms with Crippen LogP contribution in [-0.2, 0) is 9.53 Å². The molecule has 2 nitrogen and oxygen atoms in total. The van der Waals surface area contributed by atoms with E-state index < -0.39 is 0 Å². The molecule has 0 saturated heterocycles. The van der Waals surface area contributed by atoms with Crippen LogP contribution in [0.5, 0.6) is 0 Å². The summed E-state index contributed by atoms with van der Waals surface area (Å²) in [6.07, 6.45) is 11.3. The van der Waals surface area contributed by atoms with Crippen molar-refractivity contribution in [3.8, 4) is 0 Å². The normalized spacial score (nSPS) is 9.31. The van der Waals surface area contributed by atoms with Crippen molar-refractivity contribution in [1.29, 1.82) is 0 Å². The molecular formula is C13H24NaO2. The first-order chi connectivity index (χ1) is 7.31. The van der Waals surface area contributed by atoms with Crippen LogP contribution in [0.2, 0.25) is 0 Å². The van der Waals surface area contributed by atoms with Gasteiger partial charge in [0.15, 0.2) is 0 Å². The number of carbonyl (C=O) groups is 1. The van der Waals surface area contributed by atoms with Crippen LogP contribution in [0.4, 0.5) is 0 Å². The van der Waals surface area contributed by atoms with Crippen LogP contribution in [0.15, 0.2) is 12.7 Å². The van der Waals surface area contributed by atoms with Gasteiger partial charge in [0.05, 0.1) is 6.61 Å². The summed E-state index contributed by atoms with van der Waals surface area (Å²) in [4.78, 5) is 10.7. The van der Waals surface area contributed by atoms with Gasteiger partial charge in [0, 0.05) is 35.6 Å². The maximum absolute atomic E-state index is 10.7. The van der Waals surface area contributed by atoms with Crippen molar-refractivity contribution in [2.75, 3.05) is 6.61 Å². The third-order valence-electron chi connectivity index (χ3n) is 2.41. The van der Waals surface area contributed by atoms with E-state index in [1.165, 1.54) is 44.6 Å². The topological polar surface area (TPSA) is 26.3 Å². The summed E-state index contributed by atoms with van der Waals surface area (Å²) in [5, 5.41) is 0. The molecule has 89 valence electrons. The molecule has 0 amide bonds. The summed E-state index contributed by atoms with van der Waals surface area (Å²) in [6.45, 7) is 6.11. The Morgan fingerprint density at radius 2 is 1.56 bits per heavy atom. The molecule has 0 bridgehead atoms. The van der Waals surface area contributed by atoms with Crippen molar-refractivity contribution in [3.05, 3.63) is 12.7 Å². The molecule has 0 spiro atoms. The summed E-state index contributed by atoms with van der Waals surface area (Å²) in [7, 11) is 0. The molecule has 0 aromatic carbocycles. The minimum absolute atomic E-state index is 0. The minimum Gasteiger partial charge on any atom is -0.463 e. The van der Waals surface area contributed by atoms with Crippen molar-refractivity contribution in [1.82, 2.24) is 0 Å². The van der Waals surface area contributed by atoms with E-state index in [1.807, 2.05) is 0 Å². The van der Waals surface area contributed by atoms with Crippen LogP contribution in [-0.4, -0.2) is 42.1 Å². The van der Waals surface area contributed by atoms with E-state index in [9.17, 15) is 4.79 Å². The molecule has 0 saturated carbocycles. The van der Waals surface area contributed by atoms with Crippen LogP contribution in [0.3, 0.4) is 0 Å². The van der Waals surface area contributed by atoms with Crippen LogP contribution < -0.4 is 0 Å². The number of rotatable bonds is 10. The van der Waals surface area contributed by atoms with Gasteiger partial charge in [0.1, 0.15) is 0 Å². The van der Waals surface area contributed by atoms with E-state index in [2.05, 4.69) is 13.5 Å². The number of unbranched alkanes of at least 4 members (excludes halogenated alkanes) is 7. The molecule has 0 fully saturated rings. The van der Waals surface area contributed by atoms with Gasteiger partial charge in [-0.15, -0.1) is 0 Å². The first-order valence-corrected chi connectivity index (χ1v) is 6.10. The third-order valence-corrected chi connectivity index (χ3v) is 2.41.